The summed E-state index contributed by atoms with van der Waals surface area (Å²) in [7, 11) is -0.741. The molecular weight excluding hydrogens is 266 g/mol. The van der Waals surface area contributed by atoms with Gasteiger partial charge in [-0.25, -0.2) is 22.9 Å². The third kappa shape index (κ3) is 4.22. The van der Waals surface area contributed by atoms with Crippen molar-refractivity contribution in [3.05, 3.63) is 29.3 Å². The molecule has 0 fully saturated rings. The van der Waals surface area contributed by atoms with Gasteiger partial charge in [0, 0.05) is 19.1 Å². The Kier molecular flexibility index (Phi) is 4.33. The molecule has 94 valence electrons. The van der Waals surface area contributed by atoms with Gasteiger partial charge in [-0.3, -0.25) is 5.43 Å². The first-order valence-electron chi connectivity index (χ1n) is 4.57. The lowest BCUT2D eigenvalue weighted by Crippen LogP contribution is -2.45. The third-order valence-corrected chi connectivity index (χ3v) is 3.28. The molecule has 1 aromatic carbocycles. The lowest BCUT2D eigenvalue weighted by molar-refractivity contribution is 0.217. The Labute approximate surface area is 105 Å². The maximum absolute atomic E-state index is 11.7. The summed E-state index contributed by atoms with van der Waals surface area (Å²) in [6.07, 6.45) is 0. The summed E-state index contributed by atoms with van der Waals surface area (Å²) >= 11 is 5.64. The molecule has 2 N–H and O–H groups in total. The molecule has 0 spiro atoms. The smallest absolute Gasteiger partial charge is 0.270 e. The van der Waals surface area contributed by atoms with Crippen molar-refractivity contribution < 1.29 is 13.2 Å². The maximum atomic E-state index is 11.7. The van der Waals surface area contributed by atoms with E-state index in [2.05, 4.69) is 5.43 Å². The first-order chi connectivity index (χ1) is 7.81. The molecule has 0 unspecified atom stereocenters. The highest BCUT2D eigenvalue weighted by Gasteiger charge is 2.17. The normalized spacial score (nSPS) is 11.3. The predicted molar refractivity (Wildman–Crippen MR) is 64.0 cm³/mol. The number of nitrogens with one attached hydrogen (secondary N) is 2. The Morgan fingerprint density at radius 2 is 1.76 bits per heavy atom. The van der Waals surface area contributed by atoms with Crippen LogP contribution in [0.15, 0.2) is 29.2 Å². The number of hydrazine groups is 1. The molecule has 0 radical (unpaired) electrons. The monoisotopic (exact) mass is 277 g/mol. The summed E-state index contributed by atoms with van der Waals surface area (Å²) in [4.78, 5) is 11.2. The van der Waals surface area contributed by atoms with E-state index in [-0.39, 0.29) is 4.90 Å². The minimum atomic E-state index is -3.87. The standard InChI is InChI=1S/C9H12ClN3O3S/c1-13(2)11-9(14)12-17(15,16)8-5-3-7(10)4-6-8/h3-6H,1-2H3,(H2,11,12,14). The van der Waals surface area contributed by atoms with Gasteiger partial charge in [0.1, 0.15) is 0 Å². The van der Waals surface area contributed by atoms with Crippen LogP contribution in [0.5, 0.6) is 0 Å². The second kappa shape index (κ2) is 5.35. The van der Waals surface area contributed by atoms with Crippen LogP contribution < -0.4 is 10.1 Å². The van der Waals surface area contributed by atoms with Crippen LogP contribution in [0.3, 0.4) is 0 Å². The van der Waals surface area contributed by atoms with E-state index in [1.807, 2.05) is 4.72 Å². The molecular formula is C9H12ClN3O3S. The van der Waals surface area contributed by atoms with E-state index in [1.54, 1.807) is 14.1 Å². The number of hydrogen-bond acceptors (Lipinski definition) is 4. The third-order valence-electron chi connectivity index (χ3n) is 1.68. The van der Waals surface area contributed by atoms with Crippen LogP contribution in [0.25, 0.3) is 0 Å². The van der Waals surface area contributed by atoms with E-state index in [9.17, 15) is 13.2 Å². The SMILES string of the molecule is CN(C)NC(=O)NS(=O)(=O)c1ccc(Cl)cc1. The van der Waals surface area contributed by atoms with Crippen molar-refractivity contribution in [1.82, 2.24) is 15.2 Å². The summed E-state index contributed by atoms with van der Waals surface area (Å²) in [6, 6.07) is 4.66. The van der Waals surface area contributed by atoms with Gasteiger partial charge in [-0.15, -0.1) is 0 Å². The van der Waals surface area contributed by atoms with E-state index in [4.69, 9.17) is 11.6 Å². The molecule has 0 aromatic heterocycles. The summed E-state index contributed by atoms with van der Waals surface area (Å²) in [5, 5.41) is 1.74. The van der Waals surface area contributed by atoms with E-state index >= 15 is 0 Å². The molecule has 8 heteroatoms. The number of hydrogen-bond donors (Lipinski definition) is 2. The zero-order valence-corrected chi connectivity index (χ0v) is 10.8. The van der Waals surface area contributed by atoms with Crippen molar-refractivity contribution in [1.29, 1.82) is 0 Å². The van der Waals surface area contributed by atoms with Gasteiger partial charge in [-0.1, -0.05) is 11.6 Å². The van der Waals surface area contributed by atoms with Crippen molar-refractivity contribution in [3.63, 3.8) is 0 Å². The summed E-state index contributed by atoms with van der Waals surface area (Å²) in [5.41, 5.74) is 2.26. The topological polar surface area (TPSA) is 78.5 Å². The van der Waals surface area contributed by atoms with Gasteiger partial charge < -0.3 is 0 Å². The molecule has 0 heterocycles. The van der Waals surface area contributed by atoms with Crippen molar-refractivity contribution in [2.45, 2.75) is 4.90 Å². The average molecular weight is 278 g/mol. The number of halogens is 1. The molecule has 0 bridgehead atoms. The van der Waals surface area contributed by atoms with Crippen molar-refractivity contribution in [3.8, 4) is 0 Å². The van der Waals surface area contributed by atoms with Gasteiger partial charge in [0.25, 0.3) is 10.0 Å². The van der Waals surface area contributed by atoms with Crippen LogP contribution in [-0.2, 0) is 10.0 Å². The van der Waals surface area contributed by atoms with Crippen LogP contribution in [0.4, 0.5) is 4.79 Å². The van der Waals surface area contributed by atoms with Crippen LogP contribution in [-0.4, -0.2) is 33.6 Å². The fourth-order valence-corrected chi connectivity index (χ4v) is 2.05. The largest absolute Gasteiger partial charge is 0.343 e. The Balaban J connectivity index is 2.82. The van der Waals surface area contributed by atoms with Crippen LogP contribution in [0.2, 0.25) is 5.02 Å². The van der Waals surface area contributed by atoms with E-state index < -0.39 is 16.1 Å². The summed E-state index contributed by atoms with van der Waals surface area (Å²) < 4.78 is 25.3. The highest BCUT2D eigenvalue weighted by Crippen LogP contribution is 2.13. The predicted octanol–water partition coefficient (Wildman–Crippen LogP) is 0.805. The second-order valence-corrected chi connectivity index (χ2v) is 5.51. The summed E-state index contributed by atoms with van der Waals surface area (Å²) in [5.74, 6) is 0. The first kappa shape index (κ1) is 13.8. The van der Waals surface area contributed by atoms with Gasteiger partial charge in [0.15, 0.2) is 0 Å². The van der Waals surface area contributed by atoms with Crippen LogP contribution >= 0.6 is 11.6 Å². The van der Waals surface area contributed by atoms with Gasteiger partial charge >= 0.3 is 6.03 Å². The number of urea groups is 1. The van der Waals surface area contributed by atoms with Crippen molar-refractivity contribution in [2.24, 2.45) is 0 Å². The number of amides is 2. The number of benzene rings is 1. The molecule has 0 atom stereocenters. The Morgan fingerprint density at radius 1 is 1.24 bits per heavy atom. The molecule has 0 aliphatic rings. The number of nitrogens with zero attached hydrogens (tertiary/aromatic N) is 1. The maximum Gasteiger partial charge on any atom is 0.343 e. The number of sulfonamides is 1. The summed E-state index contributed by atoms with van der Waals surface area (Å²) in [6.45, 7) is 0. The minimum absolute atomic E-state index is 0.0317. The lowest BCUT2D eigenvalue weighted by atomic mass is 10.4. The highest BCUT2D eigenvalue weighted by atomic mass is 35.5. The van der Waals surface area contributed by atoms with Crippen molar-refractivity contribution in [2.75, 3.05) is 14.1 Å². The van der Waals surface area contributed by atoms with Crippen LogP contribution in [0, 0.1) is 0 Å². The molecule has 17 heavy (non-hydrogen) atoms. The molecule has 0 saturated carbocycles. The van der Waals surface area contributed by atoms with Crippen LogP contribution in [0.1, 0.15) is 0 Å². The zero-order chi connectivity index (χ0) is 13.1. The first-order valence-corrected chi connectivity index (χ1v) is 6.44. The number of carbonyl (C=O) groups is 1. The lowest BCUT2D eigenvalue weighted by Gasteiger charge is -2.13. The van der Waals surface area contributed by atoms with E-state index in [0.29, 0.717) is 5.02 Å². The van der Waals surface area contributed by atoms with E-state index in [0.717, 1.165) is 0 Å². The van der Waals surface area contributed by atoms with Gasteiger partial charge in [-0.2, -0.15) is 0 Å². The molecule has 0 aliphatic carbocycles. The van der Waals surface area contributed by atoms with Crippen molar-refractivity contribution >= 4 is 27.7 Å². The molecule has 0 aliphatic heterocycles. The molecule has 6 nitrogen and oxygen atoms in total. The zero-order valence-electron chi connectivity index (χ0n) is 9.27. The molecule has 1 aromatic rings. The van der Waals surface area contributed by atoms with Gasteiger partial charge in [-0.05, 0) is 24.3 Å². The molecule has 1 rings (SSSR count). The second-order valence-electron chi connectivity index (χ2n) is 3.39. The molecule has 0 saturated heterocycles. The Hall–Kier alpha value is -1.31. The fourth-order valence-electron chi connectivity index (χ4n) is 1.02. The molecule has 2 amide bonds. The Morgan fingerprint density at radius 3 is 2.24 bits per heavy atom. The Bertz CT molecular complexity index is 499. The van der Waals surface area contributed by atoms with Gasteiger partial charge in [0.05, 0.1) is 4.90 Å². The number of carbonyl (C=O) groups excluding carboxylic acids is 1. The highest BCUT2D eigenvalue weighted by molar-refractivity contribution is 7.90. The quantitative estimate of drug-likeness (QED) is 0.801. The minimum Gasteiger partial charge on any atom is -0.270 e. The fraction of sp³-hybridized carbons (Fsp3) is 0.222. The van der Waals surface area contributed by atoms with Gasteiger partial charge in [0.2, 0.25) is 0 Å². The average Bonchev–Trinajstić information content (AvgIpc) is 2.15. The number of rotatable bonds is 3. The van der Waals surface area contributed by atoms with E-state index in [1.165, 1.54) is 29.3 Å².